The van der Waals surface area contributed by atoms with Crippen molar-refractivity contribution in [2.24, 2.45) is 5.41 Å². The van der Waals surface area contributed by atoms with Crippen LogP contribution in [0.5, 0.6) is 0 Å². The molecular weight excluding hydrogens is 190 g/mol. The molecule has 0 spiro atoms. The molecule has 0 aliphatic carbocycles. The maximum Gasteiger partial charge on any atom is 0.232 e. The Hall–Kier alpha value is -1.58. The molecule has 0 unspecified atom stereocenters. The summed E-state index contributed by atoms with van der Waals surface area (Å²) in [5.74, 6) is 0.609. The Bertz CT molecular complexity index is 401. The summed E-state index contributed by atoms with van der Waals surface area (Å²) in [4.78, 5) is 17.7. The van der Waals surface area contributed by atoms with Crippen LogP contribution < -0.4 is 10.6 Å². The van der Waals surface area contributed by atoms with Crippen LogP contribution in [0.15, 0.2) is 18.3 Å². The SMILES string of the molecule is CC1(C)CCN(c2ccnc(N)c2)C1=O. The molecule has 0 bridgehead atoms. The molecule has 0 radical (unpaired) electrons. The average Bonchev–Trinajstić information content (AvgIpc) is 2.42. The number of carbonyl (C=O) groups excluding carboxylic acids is 1. The van der Waals surface area contributed by atoms with Gasteiger partial charge in [-0.1, -0.05) is 13.8 Å². The molecule has 1 saturated heterocycles. The van der Waals surface area contributed by atoms with Gasteiger partial charge in [-0.05, 0) is 12.5 Å². The second-order valence-electron chi connectivity index (χ2n) is 4.53. The first-order chi connectivity index (χ1) is 7.00. The fraction of sp³-hybridized carbons (Fsp3) is 0.455. The quantitative estimate of drug-likeness (QED) is 0.754. The first-order valence-corrected chi connectivity index (χ1v) is 5.04. The van der Waals surface area contributed by atoms with Gasteiger partial charge in [0.2, 0.25) is 5.91 Å². The second-order valence-corrected chi connectivity index (χ2v) is 4.53. The van der Waals surface area contributed by atoms with Crippen molar-refractivity contribution in [3.63, 3.8) is 0 Å². The maximum absolute atomic E-state index is 12.0. The lowest BCUT2D eigenvalue weighted by atomic mass is 9.92. The molecule has 4 nitrogen and oxygen atoms in total. The molecule has 0 aromatic carbocycles. The molecule has 2 heterocycles. The third kappa shape index (κ3) is 1.67. The molecular formula is C11H15N3O. The van der Waals surface area contributed by atoms with Crippen molar-refractivity contribution in [1.29, 1.82) is 0 Å². The number of anilines is 2. The molecule has 1 fully saturated rings. The molecule has 1 aliphatic heterocycles. The van der Waals surface area contributed by atoms with Gasteiger partial charge in [-0.3, -0.25) is 4.79 Å². The molecule has 2 rings (SSSR count). The van der Waals surface area contributed by atoms with Crippen LogP contribution >= 0.6 is 0 Å². The van der Waals surface area contributed by atoms with Crippen molar-refractivity contribution in [2.75, 3.05) is 17.2 Å². The fourth-order valence-electron chi connectivity index (χ4n) is 1.82. The minimum atomic E-state index is -0.252. The average molecular weight is 205 g/mol. The lowest BCUT2D eigenvalue weighted by Gasteiger charge is -2.19. The largest absolute Gasteiger partial charge is 0.384 e. The predicted octanol–water partition coefficient (Wildman–Crippen LogP) is 1.43. The molecule has 80 valence electrons. The Labute approximate surface area is 89.1 Å². The Morgan fingerprint density at radius 2 is 2.27 bits per heavy atom. The van der Waals surface area contributed by atoms with E-state index in [-0.39, 0.29) is 11.3 Å². The van der Waals surface area contributed by atoms with Gasteiger partial charge < -0.3 is 10.6 Å². The van der Waals surface area contributed by atoms with E-state index in [4.69, 9.17) is 5.73 Å². The molecule has 4 heteroatoms. The Kier molecular flexibility index (Phi) is 2.14. The Balaban J connectivity index is 2.31. The zero-order valence-electron chi connectivity index (χ0n) is 9.03. The third-order valence-corrected chi connectivity index (χ3v) is 2.86. The summed E-state index contributed by atoms with van der Waals surface area (Å²) in [7, 11) is 0. The highest BCUT2D eigenvalue weighted by atomic mass is 16.2. The van der Waals surface area contributed by atoms with Crippen LogP contribution in [0, 0.1) is 5.41 Å². The standard InChI is InChI=1S/C11H15N3O/c1-11(2)4-6-14(10(11)15)8-3-5-13-9(12)7-8/h3,5,7H,4,6H2,1-2H3,(H2,12,13). The summed E-state index contributed by atoms with van der Waals surface area (Å²) < 4.78 is 0. The Morgan fingerprint density at radius 1 is 1.53 bits per heavy atom. The highest BCUT2D eigenvalue weighted by molar-refractivity contribution is 5.99. The Morgan fingerprint density at radius 3 is 2.80 bits per heavy atom. The van der Waals surface area contributed by atoms with Gasteiger partial charge in [0.15, 0.2) is 0 Å². The number of aromatic nitrogens is 1. The number of nitrogens with zero attached hydrogens (tertiary/aromatic N) is 2. The molecule has 1 aliphatic rings. The lowest BCUT2D eigenvalue weighted by molar-refractivity contribution is -0.123. The third-order valence-electron chi connectivity index (χ3n) is 2.86. The van der Waals surface area contributed by atoms with E-state index in [1.165, 1.54) is 0 Å². The predicted molar refractivity (Wildman–Crippen MR) is 59.4 cm³/mol. The smallest absolute Gasteiger partial charge is 0.232 e. The van der Waals surface area contributed by atoms with E-state index in [0.717, 1.165) is 18.7 Å². The normalized spacial score (nSPS) is 19.6. The highest BCUT2D eigenvalue weighted by Gasteiger charge is 2.39. The number of hydrogen-bond donors (Lipinski definition) is 1. The zero-order chi connectivity index (χ0) is 11.1. The van der Waals surface area contributed by atoms with Crippen molar-refractivity contribution < 1.29 is 4.79 Å². The number of amides is 1. The minimum Gasteiger partial charge on any atom is -0.384 e. The number of pyridine rings is 1. The van der Waals surface area contributed by atoms with Crippen molar-refractivity contribution in [2.45, 2.75) is 20.3 Å². The highest BCUT2D eigenvalue weighted by Crippen LogP contribution is 2.33. The molecule has 1 aromatic heterocycles. The van der Waals surface area contributed by atoms with Gasteiger partial charge >= 0.3 is 0 Å². The van der Waals surface area contributed by atoms with E-state index in [1.54, 1.807) is 17.2 Å². The van der Waals surface area contributed by atoms with Gasteiger partial charge in [-0.2, -0.15) is 0 Å². The molecule has 0 saturated carbocycles. The van der Waals surface area contributed by atoms with Gasteiger partial charge in [0.25, 0.3) is 0 Å². The fourth-order valence-corrected chi connectivity index (χ4v) is 1.82. The monoisotopic (exact) mass is 205 g/mol. The van der Waals surface area contributed by atoms with Crippen LogP contribution in [0.3, 0.4) is 0 Å². The van der Waals surface area contributed by atoms with Crippen LogP contribution in [-0.2, 0) is 4.79 Å². The van der Waals surface area contributed by atoms with Crippen molar-refractivity contribution >= 4 is 17.4 Å². The summed E-state index contributed by atoms with van der Waals surface area (Å²) in [6.45, 7) is 4.70. The molecule has 0 atom stereocenters. The lowest BCUT2D eigenvalue weighted by Crippen LogP contribution is -2.30. The molecule has 15 heavy (non-hydrogen) atoms. The van der Waals surface area contributed by atoms with Crippen LogP contribution in [0.2, 0.25) is 0 Å². The van der Waals surface area contributed by atoms with Crippen LogP contribution in [0.4, 0.5) is 11.5 Å². The maximum atomic E-state index is 12.0. The topological polar surface area (TPSA) is 59.2 Å². The van der Waals surface area contributed by atoms with Gasteiger partial charge in [-0.25, -0.2) is 4.98 Å². The van der Waals surface area contributed by atoms with Crippen molar-refractivity contribution in [3.8, 4) is 0 Å². The van der Waals surface area contributed by atoms with E-state index < -0.39 is 0 Å². The van der Waals surface area contributed by atoms with E-state index in [1.807, 2.05) is 19.9 Å². The molecule has 1 aromatic rings. The van der Waals surface area contributed by atoms with Crippen LogP contribution in [0.25, 0.3) is 0 Å². The van der Waals surface area contributed by atoms with Gasteiger partial charge in [0, 0.05) is 29.9 Å². The summed E-state index contributed by atoms with van der Waals surface area (Å²) >= 11 is 0. The number of carbonyl (C=O) groups is 1. The van der Waals surface area contributed by atoms with Gasteiger partial charge in [-0.15, -0.1) is 0 Å². The number of nitrogen functional groups attached to an aromatic ring is 1. The van der Waals surface area contributed by atoms with E-state index >= 15 is 0 Å². The van der Waals surface area contributed by atoms with Gasteiger partial charge in [0.05, 0.1) is 0 Å². The summed E-state index contributed by atoms with van der Waals surface area (Å²) in [5.41, 5.74) is 6.18. The molecule has 2 N–H and O–H groups in total. The number of hydrogen-bond acceptors (Lipinski definition) is 3. The summed E-state index contributed by atoms with van der Waals surface area (Å²) in [6, 6.07) is 3.55. The zero-order valence-corrected chi connectivity index (χ0v) is 9.03. The van der Waals surface area contributed by atoms with Crippen LogP contribution in [-0.4, -0.2) is 17.4 Å². The first kappa shape index (κ1) is 9.96. The van der Waals surface area contributed by atoms with Gasteiger partial charge in [0.1, 0.15) is 5.82 Å². The summed E-state index contributed by atoms with van der Waals surface area (Å²) in [6.07, 6.45) is 2.51. The number of nitrogens with two attached hydrogens (primary N) is 1. The molecule has 1 amide bonds. The van der Waals surface area contributed by atoms with E-state index in [2.05, 4.69) is 4.98 Å². The first-order valence-electron chi connectivity index (χ1n) is 5.04. The van der Waals surface area contributed by atoms with E-state index in [9.17, 15) is 4.79 Å². The second kappa shape index (κ2) is 3.22. The van der Waals surface area contributed by atoms with E-state index in [0.29, 0.717) is 5.82 Å². The minimum absolute atomic E-state index is 0.160. The van der Waals surface area contributed by atoms with Crippen molar-refractivity contribution in [1.82, 2.24) is 4.98 Å². The van der Waals surface area contributed by atoms with Crippen molar-refractivity contribution in [3.05, 3.63) is 18.3 Å². The summed E-state index contributed by atoms with van der Waals surface area (Å²) in [5, 5.41) is 0. The van der Waals surface area contributed by atoms with Crippen LogP contribution in [0.1, 0.15) is 20.3 Å². The number of rotatable bonds is 1.